The van der Waals surface area contributed by atoms with Gasteiger partial charge in [-0.25, -0.2) is 4.98 Å². The van der Waals surface area contributed by atoms with Crippen molar-refractivity contribution in [2.75, 3.05) is 36.5 Å². The summed E-state index contributed by atoms with van der Waals surface area (Å²) in [6.45, 7) is 3.19. The smallest absolute Gasteiger partial charge is 0.256 e. The fourth-order valence-corrected chi connectivity index (χ4v) is 4.44. The van der Waals surface area contributed by atoms with Gasteiger partial charge in [0.15, 0.2) is 5.13 Å². The topological polar surface area (TPSA) is 67.4 Å². The predicted molar refractivity (Wildman–Crippen MR) is 112 cm³/mol. The van der Waals surface area contributed by atoms with Gasteiger partial charge in [-0.3, -0.25) is 9.78 Å². The van der Waals surface area contributed by atoms with Crippen molar-refractivity contribution in [2.24, 2.45) is 0 Å². The van der Waals surface area contributed by atoms with Crippen molar-refractivity contribution in [3.05, 3.63) is 60.3 Å². The summed E-state index contributed by atoms with van der Waals surface area (Å²) in [5, 5.41) is 4.86. The van der Waals surface area contributed by atoms with Crippen LogP contribution in [-0.4, -0.2) is 42.2 Å². The van der Waals surface area contributed by atoms with Gasteiger partial charge in [0.2, 0.25) is 0 Å². The van der Waals surface area contributed by atoms with Gasteiger partial charge in [-0.1, -0.05) is 23.5 Å². The Kier molecular flexibility index (Phi) is 4.38. The van der Waals surface area contributed by atoms with Gasteiger partial charge in [-0.2, -0.15) is 0 Å². The number of fused-ring (bicyclic) bond motifs is 2. The number of hydrogen-bond acceptors (Lipinski definition) is 6. The zero-order valence-electron chi connectivity index (χ0n) is 15.1. The third-order valence-electron chi connectivity index (χ3n) is 4.81. The molecule has 2 aromatic heterocycles. The van der Waals surface area contributed by atoms with Crippen LogP contribution in [0.5, 0.6) is 0 Å². The number of thiazole rings is 1. The Hall–Kier alpha value is -3.03. The Morgan fingerprint density at radius 1 is 1.07 bits per heavy atom. The second-order valence-corrected chi connectivity index (χ2v) is 7.62. The predicted octanol–water partition coefficient (Wildman–Crippen LogP) is 3.93. The summed E-state index contributed by atoms with van der Waals surface area (Å²) < 4.78 is 6.47. The van der Waals surface area contributed by atoms with Crippen LogP contribution < -0.4 is 10.2 Å². The molecule has 0 atom stereocenters. The van der Waals surface area contributed by atoms with Gasteiger partial charge in [-0.15, -0.1) is 0 Å². The molecule has 0 radical (unpaired) electrons. The quantitative estimate of drug-likeness (QED) is 0.574. The number of aromatic nitrogens is 2. The van der Waals surface area contributed by atoms with E-state index in [1.807, 2.05) is 48.5 Å². The number of pyridine rings is 1. The maximum absolute atomic E-state index is 12.8. The van der Waals surface area contributed by atoms with Crippen molar-refractivity contribution in [3.63, 3.8) is 0 Å². The molecule has 28 heavy (non-hydrogen) atoms. The largest absolute Gasteiger partial charge is 0.378 e. The number of hydrogen-bond donors (Lipinski definition) is 1. The maximum Gasteiger partial charge on any atom is 0.256 e. The van der Waals surface area contributed by atoms with E-state index in [0.717, 1.165) is 58.2 Å². The van der Waals surface area contributed by atoms with Gasteiger partial charge >= 0.3 is 0 Å². The van der Waals surface area contributed by atoms with Crippen LogP contribution in [0, 0.1) is 0 Å². The molecule has 1 saturated heterocycles. The number of ether oxygens (including phenoxy) is 1. The lowest BCUT2D eigenvalue weighted by atomic mass is 10.1. The molecule has 0 spiro atoms. The van der Waals surface area contributed by atoms with E-state index >= 15 is 0 Å². The van der Waals surface area contributed by atoms with E-state index in [-0.39, 0.29) is 5.91 Å². The SMILES string of the molecule is O=C(Nc1ccc2nc(N3CCOCC3)sc2c1)c1cccc2ncccc12. The molecule has 2 aromatic carbocycles. The lowest BCUT2D eigenvalue weighted by Gasteiger charge is -2.25. The van der Waals surface area contributed by atoms with E-state index in [1.54, 1.807) is 17.5 Å². The van der Waals surface area contributed by atoms with Gasteiger partial charge in [0.1, 0.15) is 0 Å². The van der Waals surface area contributed by atoms with Gasteiger partial charge in [0.25, 0.3) is 5.91 Å². The Morgan fingerprint density at radius 2 is 1.96 bits per heavy atom. The Labute approximate surface area is 165 Å². The molecular weight excluding hydrogens is 372 g/mol. The molecule has 1 aliphatic heterocycles. The molecule has 6 nitrogen and oxygen atoms in total. The number of benzene rings is 2. The molecule has 1 fully saturated rings. The van der Waals surface area contributed by atoms with Crippen LogP contribution >= 0.6 is 11.3 Å². The highest BCUT2D eigenvalue weighted by molar-refractivity contribution is 7.22. The minimum absolute atomic E-state index is 0.143. The highest BCUT2D eigenvalue weighted by atomic mass is 32.1. The number of nitrogens with one attached hydrogen (secondary N) is 1. The zero-order chi connectivity index (χ0) is 18.9. The zero-order valence-corrected chi connectivity index (χ0v) is 15.9. The average Bonchev–Trinajstić information content (AvgIpc) is 3.17. The van der Waals surface area contributed by atoms with Crippen LogP contribution in [0.4, 0.5) is 10.8 Å². The molecule has 7 heteroatoms. The third kappa shape index (κ3) is 3.19. The molecule has 3 heterocycles. The number of morpholine rings is 1. The summed E-state index contributed by atoms with van der Waals surface area (Å²) in [7, 11) is 0. The number of nitrogens with zero attached hydrogens (tertiary/aromatic N) is 3. The molecule has 4 aromatic rings. The standard InChI is InChI=1S/C21H18N4O2S/c26-20(16-3-1-5-17-15(16)4-2-8-22-17)23-14-6-7-18-19(13-14)28-21(24-18)25-9-11-27-12-10-25/h1-8,13H,9-12H2,(H,23,26). The van der Waals surface area contributed by atoms with Gasteiger partial charge in [-0.05, 0) is 36.4 Å². The number of anilines is 2. The van der Waals surface area contributed by atoms with Crippen LogP contribution in [0.25, 0.3) is 21.1 Å². The fraction of sp³-hybridized carbons (Fsp3) is 0.190. The molecule has 1 amide bonds. The van der Waals surface area contributed by atoms with Crippen molar-refractivity contribution in [1.82, 2.24) is 9.97 Å². The third-order valence-corrected chi connectivity index (χ3v) is 5.89. The van der Waals surface area contributed by atoms with Crippen LogP contribution in [0.2, 0.25) is 0 Å². The first-order valence-electron chi connectivity index (χ1n) is 9.16. The van der Waals surface area contributed by atoms with Crippen molar-refractivity contribution >= 4 is 49.2 Å². The molecule has 0 aliphatic carbocycles. The van der Waals surface area contributed by atoms with E-state index in [4.69, 9.17) is 9.72 Å². The van der Waals surface area contributed by atoms with Crippen molar-refractivity contribution < 1.29 is 9.53 Å². The molecule has 1 aliphatic rings. The monoisotopic (exact) mass is 390 g/mol. The van der Waals surface area contributed by atoms with E-state index in [2.05, 4.69) is 15.2 Å². The molecule has 0 bridgehead atoms. The molecule has 0 saturated carbocycles. The molecule has 5 rings (SSSR count). The number of carbonyl (C=O) groups excluding carboxylic acids is 1. The summed E-state index contributed by atoms with van der Waals surface area (Å²) in [5.41, 5.74) is 3.13. The molecule has 140 valence electrons. The van der Waals surface area contributed by atoms with E-state index in [9.17, 15) is 4.79 Å². The van der Waals surface area contributed by atoms with Crippen molar-refractivity contribution in [1.29, 1.82) is 0 Å². The Bertz CT molecular complexity index is 1160. The van der Waals surface area contributed by atoms with Gasteiger partial charge < -0.3 is 15.0 Å². The normalized spacial score (nSPS) is 14.5. The van der Waals surface area contributed by atoms with E-state index in [1.165, 1.54) is 0 Å². The second kappa shape index (κ2) is 7.18. The summed E-state index contributed by atoms with van der Waals surface area (Å²) in [6.07, 6.45) is 1.73. The number of carbonyl (C=O) groups is 1. The first-order chi connectivity index (χ1) is 13.8. The summed E-state index contributed by atoms with van der Waals surface area (Å²) in [4.78, 5) is 24.1. The van der Waals surface area contributed by atoms with Crippen LogP contribution in [0.1, 0.15) is 10.4 Å². The minimum atomic E-state index is -0.143. The van der Waals surface area contributed by atoms with Crippen molar-refractivity contribution in [3.8, 4) is 0 Å². The van der Waals surface area contributed by atoms with Gasteiger partial charge in [0.05, 0.1) is 28.9 Å². The summed E-state index contributed by atoms with van der Waals surface area (Å²) in [6, 6.07) is 15.2. The first kappa shape index (κ1) is 17.1. The summed E-state index contributed by atoms with van der Waals surface area (Å²) >= 11 is 1.64. The highest BCUT2D eigenvalue weighted by Crippen LogP contribution is 2.31. The molecule has 0 unspecified atom stereocenters. The van der Waals surface area contributed by atoms with Crippen LogP contribution in [0.3, 0.4) is 0 Å². The van der Waals surface area contributed by atoms with E-state index in [0.29, 0.717) is 5.56 Å². The summed E-state index contributed by atoms with van der Waals surface area (Å²) in [5.74, 6) is -0.143. The highest BCUT2D eigenvalue weighted by Gasteiger charge is 2.16. The maximum atomic E-state index is 12.8. The number of amides is 1. The minimum Gasteiger partial charge on any atom is -0.378 e. The van der Waals surface area contributed by atoms with Gasteiger partial charge in [0, 0.05) is 35.9 Å². The Balaban J connectivity index is 1.42. The number of rotatable bonds is 3. The van der Waals surface area contributed by atoms with Crippen LogP contribution in [-0.2, 0) is 4.74 Å². The molecule has 1 N–H and O–H groups in total. The fourth-order valence-electron chi connectivity index (χ4n) is 3.38. The van der Waals surface area contributed by atoms with Crippen LogP contribution in [0.15, 0.2) is 54.7 Å². The van der Waals surface area contributed by atoms with Crippen molar-refractivity contribution in [2.45, 2.75) is 0 Å². The lowest BCUT2D eigenvalue weighted by Crippen LogP contribution is -2.36. The lowest BCUT2D eigenvalue weighted by molar-refractivity contribution is 0.102. The van der Waals surface area contributed by atoms with E-state index < -0.39 is 0 Å². The average molecular weight is 390 g/mol. The Morgan fingerprint density at radius 3 is 2.86 bits per heavy atom. The second-order valence-electron chi connectivity index (χ2n) is 6.61. The molecular formula is C21H18N4O2S. The first-order valence-corrected chi connectivity index (χ1v) is 9.98.